The molecule has 2 aromatic rings. The normalized spacial score (nSPS) is 19.3. The minimum Gasteiger partial charge on any atom is -0.467 e. The van der Waals surface area contributed by atoms with Crippen LogP contribution in [-0.4, -0.2) is 86.9 Å². The number of aliphatic imine (C=N–C) groups is 2. The maximum Gasteiger partial charge on any atom is 0.251 e. The van der Waals surface area contributed by atoms with Gasteiger partial charge >= 0.3 is 0 Å². The van der Waals surface area contributed by atoms with Crippen molar-refractivity contribution in [3.63, 3.8) is 0 Å². The summed E-state index contributed by atoms with van der Waals surface area (Å²) < 4.78 is 11.9. The topological polar surface area (TPSA) is 211 Å². The van der Waals surface area contributed by atoms with Gasteiger partial charge < -0.3 is 31.8 Å². The number of carbonyl (C=O) groups excluding carboxylic acids is 2. The number of hydrogen-bond acceptors (Lipinski definition) is 13. The van der Waals surface area contributed by atoms with E-state index in [2.05, 4.69) is 48.8 Å². The lowest BCUT2D eigenvalue weighted by Gasteiger charge is -2.45. The number of carbonyl (C=O) groups is 2. The van der Waals surface area contributed by atoms with Crippen molar-refractivity contribution in [1.82, 2.24) is 15.6 Å². The number of fused-ring (bicyclic) bond motifs is 2. The summed E-state index contributed by atoms with van der Waals surface area (Å²) in [5, 5.41) is 10.9. The zero-order chi connectivity index (χ0) is 30.8. The molecule has 4 heterocycles. The summed E-state index contributed by atoms with van der Waals surface area (Å²) in [5.74, 6) is 5.39. The van der Waals surface area contributed by atoms with Crippen molar-refractivity contribution >= 4 is 47.0 Å². The predicted octanol–water partition coefficient (Wildman–Crippen LogP) is 0.672. The molecule has 15 heteroatoms. The average Bonchev–Trinajstić information content (AvgIpc) is 3.69. The number of primary amides is 1. The van der Waals surface area contributed by atoms with E-state index in [-0.39, 0.29) is 37.2 Å². The Labute approximate surface area is 254 Å². The van der Waals surface area contributed by atoms with E-state index in [1.54, 1.807) is 36.9 Å². The van der Waals surface area contributed by atoms with Crippen LogP contribution in [-0.2, 0) is 28.1 Å². The first-order chi connectivity index (χ1) is 20.8. The van der Waals surface area contributed by atoms with Crippen LogP contribution < -0.4 is 28.1 Å². The SMILES string of the molecule is CCc1cc2c(s1)C(NN=C(C=NCc1cc(C(N)=O)co1)CN)COC21CCN(CC(C=NCC(=O)NC)=NN)CC1. The Kier molecular flexibility index (Phi) is 11.2. The maximum absolute atomic E-state index is 11.4. The van der Waals surface area contributed by atoms with E-state index in [0.29, 0.717) is 35.9 Å². The van der Waals surface area contributed by atoms with Gasteiger partial charge in [0.15, 0.2) is 0 Å². The number of rotatable bonds is 13. The van der Waals surface area contributed by atoms with Crippen molar-refractivity contribution in [2.24, 2.45) is 37.5 Å². The van der Waals surface area contributed by atoms with Crippen LogP contribution in [0.25, 0.3) is 0 Å². The second kappa shape index (κ2) is 15.0. The van der Waals surface area contributed by atoms with Gasteiger partial charge in [0, 0.05) is 61.0 Å². The number of nitrogens with one attached hydrogen (secondary N) is 2. The highest BCUT2D eigenvalue weighted by atomic mass is 32.1. The van der Waals surface area contributed by atoms with Gasteiger partial charge in [-0.2, -0.15) is 10.2 Å². The van der Waals surface area contributed by atoms with Crippen molar-refractivity contribution < 1.29 is 18.7 Å². The van der Waals surface area contributed by atoms with Crippen LogP contribution in [0.1, 0.15) is 57.2 Å². The van der Waals surface area contributed by atoms with E-state index in [0.717, 1.165) is 32.4 Å². The highest BCUT2D eigenvalue weighted by Gasteiger charge is 2.44. The minimum atomic E-state index is -0.551. The monoisotopic (exact) mass is 612 g/mol. The average molecular weight is 613 g/mol. The van der Waals surface area contributed by atoms with E-state index in [9.17, 15) is 9.59 Å². The van der Waals surface area contributed by atoms with Crippen molar-refractivity contribution in [2.45, 2.75) is 44.4 Å². The number of nitrogens with zero attached hydrogens (tertiary/aromatic N) is 5. The fourth-order valence-corrected chi connectivity index (χ4v) is 6.23. The Morgan fingerprint density at radius 3 is 2.63 bits per heavy atom. The fraction of sp³-hybridized carbons (Fsp3) is 0.500. The van der Waals surface area contributed by atoms with Crippen molar-refractivity contribution in [3.8, 4) is 0 Å². The summed E-state index contributed by atoms with van der Waals surface area (Å²) in [4.78, 5) is 36.0. The number of thiophene rings is 1. The number of nitrogens with two attached hydrogens (primary N) is 3. The lowest BCUT2D eigenvalue weighted by atomic mass is 9.81. The van der Waals surface area contributed by atoms with E-state index in [1.807, 2.05) is 0 Å². The molecular formula is C28H40N10O4S. The Balaban J connectivity index is 1.39. The van der Waals surface area contributed by atoms with Gasteiger partial charge in [-0.25, -0.2) is 0 Å². The third kappa shape index (κ3) is 8.13. The van der Waals surface area contributed by atoms with Crippen molar-refractivity contribution in [2.75, 3.05) is 46.4 Å². The standard InChI is InChI=1S/C28H40N10O4S/c1-3-22-9-23-26(43-22)24(37-36-19(10-29)11-33-13-21-8-18(16-41-21)27(30)40)17-42-28(23)4-6-38(7-5-28)15-20(35-31)12-34-14-25(39)32-2/h8-9,11-12,16,24,37H,3-7,10,13-15,17,29,31H2,1-2H3,(H2,30,40)(H,32,39). The third-order valence-corrected chi connectivity index (χ3v) is 8.86. The number of ether oxygens (including phenoxy) is 1. The molecule has 232 valence electrons. The summed E-state index contributed by atoms with van der Waals surface area (Å²) in [6.45, 7) is 5.25. The lowest BCUT2D eigenvalue weighted by molar-refractivity contribution is -0.119. The molecule has 2 aliphatic rings. The number of hydrazone groups is 2. The maximum atomic E-state index is 11.4. The molecule has 1 unspecified atom stereocenters. The Bertz CT molecular complexity index is 1390. The zero-order valence-electron chi connectivity index (χ0n) is 24.5. The first-order valence-electron chi connectivity index (χ1n) is 14.2. The van der Waals surface area contributed by atoms with Gasteiger partial charge in [-0.3, -0.25) is 29.9 Å². The molecule has 1 fully saturated rings. The molecule has 0 radical (unpaired) electrons. The Morgan fingerprint density at radius 2 is 1.98 bits per heavy atom. The Hall–Kier alpha value is -3.92. The van der Waals surface area contributed by atoms with Gasteiger partial charge in [0.2, 0.25) is 5.91 Å². The molecule has 1 spiro atoms. The number of amides is 2. The summed E-state index contributed by atoms with van der Waals surface area (Å²) in [6.07, 6.45) is 7.06. The molecular weight excluding hydrogens is 572 g/mol. The smallest absolute Gasteiger partial charge is 0.251 e. The number of likely N-dealkylation sites (tertiary alicyclic amines) is 1. The van der Waals surface area contributed by atoms with Crippen LogP contribution in [0.15, 0.2) is 43.0 Å². The molecule has 4 rings (SSSR count). The third-order valence-electron chi connectivity index (χ3n) is 7.46. The van der Waals surface area contributed by atoms with Gasteiger partial charge in [0.25, 0.3) is 5.91 Å². The van der Waals surface area contributed by atoms with Crippen LogP contribution in [0.4, 0.5) is 0 Å². The molecule has 0 aliphatic carbocycles. The summed E-state index contributed by atoms with van der Waals surface area (Å²) in [5.41, 5.74) is 16.8. The predicted molar refractivity (Wildman–Crippen MR) is 168 cm³/mol. The Morgan fingerprint density at radius 1 is 1.21 bits per heavy atom. The molecule has 2 aromatic heterocycles. The minimum absolute atomic E-state index is 0.0378. The largest absolute Gasteiger partial charge is 0.467 e. The number of hydrogen-bond donors (Lipinski definition) is 5. The molecule has 2 amide bonds. The van der Waals surface area contributed by atoms with Gasteiger partial charge in [-0.1, -0.05) is 6.92 Å². The molecule has 0 bridgehead atoms. The molecule has 1 saturated heterocycles. The fourth-order valence-electron chi connectivity index (χ4n) is 5.00. The van der Waals surface area contributed by atoms with Gasteiger partial charge in [0.1, 0.15) is 24.6 Å². The first-order valence-corrected chi connectivity index (χ1v) is 15.0. The summed E-state index contributed by atoms with van der Waals surface area (Å²) in [6, 6.07) is 3.73. The van der Waals surface area contributed by atoms with E-state index in [1.165, 1.54) is 21.6 Å². The summed E-state index contributed by atoms with van der Waals surface area (Å²) >= 11 is 1.79. The van der Waals surface area contributed by atoms with Crippen LogP contribution in [0.3, 0.4) is 0 Å². The molecule has 2 aliphatic heterocycles. The van der Waals surface area contributed by atoms with Crippen LogP contribution in [0.2, 0.25) is 0 Å². The molecule has 0 saturated carbocycles. The van der Waals surface area contributed by atoms with Crippen LogP contribution in [0, 0.1) is 0 Å². The highest BCUT2D eigenvalue weighted by molar-refractivity contribution is 7.12. The van der Waals surface area contributed by atoms with E-state index < -0.39 is 5.91 Å². The number of aryl methyl sites for hydroxylation is 1. The van der Waals surface area contributed by atoms with Gasteiger partial charge in [-0.05, 0) is 31.4 Å². The van der Waals surface area contributed by atoms with E-state index >= 15 is 0 Å². The molecule has 14 nitrogen and oxygen atoms in total. The summed E-state index contributed by atoms with van der Waals surface area (Å²) in [7, 11) is 1.57. The van der Waals surface area contributed by atoms with E-state index in [4.69, 9.17) is 26.5 Å². The highest BCUT2D eigenvalue weighted by Crippen LogP contribution is 2.47. The molecule has 0 aromatic carbocycles. The lowest BCUT2D eigenvalue weighted by Crippen LogP contribution is -2.49. The number of likely N-dealkylation sites (N-methyl/N-ethyl adjacent to an activating group) is 1. The van der Waals surface area contributed by atoms with Crippen LogP contribution >= 0.6 is 11.3 Å². The zero-order valence-corrected chi connectivity index (χ0v) is 25.4. The van der Waals surface area contributed by atoms with Crippen molar-refractivity contribution in [1.29, 1.82) is 0 Å². The van der Waals surface area contributed by atoms with Crippen molar-refractivity contribution in [3.05, 3.63) is 45.0 Å². The second-order valence-electron chi connectivity index (χ2n) is 10.3. The molecule has 1 atom stereocenters. The molecule has 8 N–H and O–H groups in total. The number of piperidine rings is 1. The van der Waals surface area contributed by atoms with Gasteiger partial charge in [-0.15, -0.1) is 11.3 Å². The van der Waals surface area contributed by atoms with Gasteiger partial charge in [0.05, 0.1) is 35.7 Å². The van der Waals surface area contributed by atoms with Crippen LogP contribution in [0.5, 0.6) is 0 Å². The first kappa shape index (κ1) is 32.0. The molecule has 43 heavy (non-hydrogen) atoms. The second-order valence-corrected chi connectivity index (χ2v) is 11.5. The quantitative estimate of drug-likeness (QED) is 0.123. The number of furan rings is 1.